The second-order valence-electron chi connectivity index (χ2n) is 5.02. The Labute approximate surface area is 171 Å². The zero-order valence-electron chi connectivity index (χ0n) is 13.4. The van der Waals surface area contributed by atoms with Crippen molar-refractivity contribution >= 4 is 54.5 Å². The molecule has 0 unspecified atom stereocenters. The van der Waals surface area contributed by atoms with Gasteiger partial charge in [0.15, 0.2) is 0 Å². The Balaban J connectivity index is 1.78. The predicted molar refractivity (Wildman–Crippen MR) is 106 cm³/mol. The molecule has 3 rings (SSSR count). The summed E-state index contributed by atoms with van der Waals surface area (Å²) in [6.07, 6.45) is 0. The topological polar surface area (TPSA) is 46.2 Å². The van der Waals surface area contributed by atoms with E-state index in [-0.39, 0.29) is 0 Å². The standard InChI is InChI=1S/C16H18Br2O5S2/c17-13-9-11-15(24-13)16-12(10-14(18)25-16)23-8-6-21-4-2-19-1-3-20-5-7-22-11/h9-10H,1-8H2. The van der Waals surface area contributed by atoms with Crippen LogP contribution in [0.5, 0.6) is 11.5 Å². The third kappa shape index (κ3) is 5.92. The minimum atomic E-state index is 0.488. The summed E-state index contributed by atoms with van der Waals surface area (Å²) in [5.41, 5.74) is 0. The average Bonchev–Trinajstić information content (AvgIpc) is 3.13. The van der Waals surface area contributed by atoms with Gasteiger partial charge in [0.1, 0.15) is 24.7 Å². The van der Waals surface area contributed by atoms with Crippen LogP contribution in [0, 0.1) is 0 Å². The molecule has 3 heterocycles. The van der Waals surface area contributed by atoms with Gasteiger partial charge in [0.05, 0.1) is 57.0 Å². The molecule has 0 saturated carbocycles. The first-order chi connectivity index (χ1) is 12.2. The maximum Gasteiger partial charge on any atom is 0.140 e. The molecule has 9 heteroatoms. The first kappa shape index (κ1) is 19.6. The molecule has 0 bridgehead atoms. The quantitative estimate of drug-likeness (QED) is 0.505. The van der Waals surface area contributed by atoms with Crippen molar-refractivity contribution in [3.05, 3.63) is 19.7 Å². The monoisotopic (exact) mass is 512 g/mol. The van der Waals surface area contributed by atoms with Crippen molar-refractivity contribution in [2.75, 3.05) is 52.9 Å². The van der Waals surface area contributed by atoms with Gasteiger partial charge in [0.25, 0.3) is 0 Å². The van der Waals surface area contributed by atoms with E-state index in [2.05, 4.69) is 31.9 Å². The fraction of sp³-hybridized carbons (Fsp3) is 0.500. The second-order valence-corrected chi connectivity index (χ2v) is 9.88. The van der Waals surface area contributed by atoms with E-state index in [1.165, 1.54) is 0 Å². The Morgan fingerprint density at radius 1 is 0.600 bits per heavy atom. The Bertz CT molecular complexity index is 617. The van der Waals surface area contributed by atoms with Crippen molar-refractivity contribution < 1.29 is 23.7 Å². The van der Waals surface area contributed by atoms with Crippen LogP contribution < -0.4 is 9.47 Å². The summed E-state index contributed by atoms with van der Waals surface area (Å²) in [4.78, 5) is 2.09. The molecule has 2 aromatic rings. The zero-order chi connectivity index (χ0) is 17.5. The van der Waals surface area contributed by atoms with Gasteiger partial charge in [-0.1, -0.05) is 0 Å². The normalized spacial score (nSPS) is 17.7. The average molecular weight is 514 g/mol. The lowest BCUT2D eigenvalue weighted by molar-refractivity contribution is 0.00521. The molecule has 0 spiro atoms. The molecule has 5 nitrogen and oxygen atoms in total. The smallest absolute Gasteiger partial charge is 0.140 e. The number of thiophene rings is 2. The summed E-state index contributed by atoms with van der Waals surface area (Å²) >= 11 is 10.4. The number of ether oxygens (including phenoxy) is 5. The molecule has 0 amide bonds. The Hall–Kier alpha value is -0.160. The molecule has 0 N–H and O–H groups in total. The van der Waals surface area contributed by atoms with Gasteiger partial charge >= 0.3 is 0 Å². The van der Waals surface area contributed by atoms with Crippen molar-refractivity contribution in [1.82, 2.24) is 0 Å². The van der Waals surface area contributed by atoms with E-state index in [9.17, 15) is 0 Å². The molecule has 138 valence electrons. The third-order valence-electron chi connectivity index (χ3n) is 3.26. The lowest BCUT2D eigenvalue weighted by Crippen LogP contribution is -2.14. The van der Waals surface area contributed by atoms with Gasteiger partial charge in [-0.2, -0.15) is 0 Å². The molecule has 0 atom stereocenters. The maximum atomic E-state index is 5.93. The predicted octanol–water partition coefficient (Wildman–Crippen LogP) is 4.82. The van der Waals surface area contributed by atoms with Gasteiger partial charge in [-0.25, -0.2) is 0 Å². The molecule has 1 aliphatic heterocycles. The maximum absolute atomic E-state index is 5.93. The van der Waals surface area contributed by atoms with Crippen LogP contribution in [0.1, 0.15) is 0 Å². The molecular weight excluding hydrogens is 496 g/mol. The van der Waals surface area contributed by atoms with Crippen molar-refractivity contribution in [3.63, 3.8) is 0 Å². The molecule has 2 aromatic heterocycles. The summed E-state index contributed by atoms with van der Waals surface area (Å²) in [5.74, 6) is 1.66. The molecule has 0 radical (unpaired) electrons. The van der Waals surface area contributed by atoms with Crippen LogP contribution in [0.25, 0.3) is 9.75 Å². The van der Waals surface area contributed by atoms with Gasteiger partial charge in [0.2, 0.25) is 0 Å². The van der Waals surface area contributed by atoms with Crippen LogP contribution >= 0.6 is 54.5 Å². The third-order valence-corrected chi connectivity index (χ3v) is 6.66. The SMILES string of the molecule is Brc1cc2c(s1)-c1sc(Br)cc1OCCOCCOCCOCCO2. The van der Waals surface area contributed by atoms with Gasteiger partial charge in [-0.05, 0) is 31.9 Å². The molecule has 25 heavy (non-hydrogen) atoms. The minimum Gasteiger partial charge on any atom is -0.490 e. The fourth-order valence-electron chi connectivity index (χ4n) is 2.19. The lowest BCUT2D eigenvalue weighted by atomic mass is 10.3. The largest absolute Gasteiger partial charge is 0.490 e. The van der Waals surface area contributed by atoms with E-state index in [0.29, 0.717) is 52.9 Å². The second kappa shape index (κ2) is 10.2. The van der Waals surface area contributed by atoms with Crippen molar-refractivity contribution in [3.8, 4) is 21.3 Å². The molecular formula is C16H18Br2O5S2. The molecule has 1 aliphatic rings. The molecule has 0 fully saturated rings. The molecule has 0 saturated heterocycles. The first-order valence-corrected chi connectivity index (χ1v) is 11.0. The fourth-order valence-corrected chi connectivity index (χ4v) is 5.37. The summed E-state index contributed by atoms with van der Waals surface area (Å²) in [6, 6.07) is 3.97. The van der Waals surface area contributed by atoms with Crippen molar-refractivity contribution in [2.24, 2.45) is 0 Å². The van der Waals surface area contributed by atoms with E-state index in [4.69, 9.17) is 23.7 Å². The number of hydrogen-bond donors (Lipinski definition) is 0. The van der Waals surface area contributed by atoms with Gasteiger partial charge < -0.3 is 23.7 Å². The van der Waals surface area contributed by atoms with E-state index >= 15 is 0 Å². The number of fused-ring (bicyclic) bond motifs is 3. The van der Waals surface area contributed by atoms with E-state index in [1.807, 2.05) is 12.1 Å². The van der Waals surface area contributed by atoms with Gasteiger partial charge in [-0.3, -0.25) is 0 Å². The van der Waals surface area contributed by atoms with Crippen LogP contribution in [0.4, 0.5) is 0 Å². The highest BCUT2D eigenvalue weighted by Crippen LogP contribution is 2.49. The van der Waals surface area contributed by atoms with E-state index in [1.54, 1.807) is 22.7 Å². The highest BCUT2D eigenvalue weighted by molar-refractivity contribution is 9.11. The van der Waals surface area contributed by atoms with E-state index in [0.717, 1.165) is 28.8 Å². The molecule has 0 aliphatic carbocycles. The zero-order valence-corrected chi connectivity index (χ0v) is 18.2. The summed E-state index contributed by atoms with van der Waals surface area (Å²) in [6.45, 7) is 4.22. The Morgan fingerprint density at radius 3 is 1.36 bits per heavy atom. The van der Waals surface area contributed by atoms with Crippen LogP contribution in [0.3, 0.4) is 0 Å². The molecule has 0 aromatic carbocycles. The van der Waals surface area contributed by atoms with Crippen LogP contribution in [-0.4, -0.2) is 52.9 Å². The van der Waals surface area contributed by atoms with Crippen molar-refractivity contribution in [1.29, 1.82) is 0 Å². The minimum absolute atomic E-state index is 0.488. The van der Waals surface area contributed by atoms with Crippen LogP contribution in [0.2, 0.25) is 0 Å². The summed E-state index contributed by atoms with van der Waals surface area (Å²) in [7, 11) is 0. The number of rotatable bonds is 0. The highest BCUT2D eigenvalue weighted by atomic mass is 79.9. The van der Waals surface area contributed by atoms with Crippen molar-refractivity contribution in [2.45, 2.75) is 0 Å². The highest BCUT2D eigenvalue weighted by Gasteiger charge is 2.19. The van der Waals surface area contributed by atoms with Crippen LogP contribution in [0.15, 0.2) is 19.7 Å². The number of halogens is 2. The lowest BCUT2D eigenvalue weighted by Gasteiger charge is -2.09. The van der Waals surface area contributed by atoms with Gasteiger partial charge in [0, 0.05) is 12.1 Å². The van der Waals surface area contributed by atoms with Gasteiger partial charge in [-0.15, -0.1) is 22.7 Å². The number of hydrogen-bond acceptors (Lipinski definition) is 7. The summed E-state index contributed by atoms with van der Waals surface area (Å²) < 4.78 is 30.4. The Kier molecular flexibility index (Phi) is 8.03. The first-order valence-electron chi connectivity index (χ1n) is 7.82. The van der Waals surface area contributed by atoms with E-state index < -0.39 is 0 Å². The summed E-state index contributed by atoms with van der Waals surface area (Å²) in [5, 5.41) is 0. The Morgan fingerprint density at radius 2 is 0.960 bits per heavy atom. The van der Waals surface area contributed by atoms with Crippen LogP contribution in [-0.2, 0) is 14.2 Å².